The minimum Gasteiger partial charge on any atom is -0.490 e. The minimum absolute atomic E-state index is 0.0427. The number of hydrogen-bond acceptors (Lipinski definition) is 7. The number of ether oxygens (including phenoxy) is 2. The molecule has 2 aromatic rings. The lowest BCUT2D eigenvalue weighted by molar-refractivity contribution is -0.0434. The molecule has 0 radical (unpaired) electrons. The van der Waals surface area contributed by atoms with Crippen molar-refractivity contribution in [3.63, 3.8) is 0 Å². The molecule has 41 heavy (non-hydrogen) atoms. The lowest BCUT2D eigenvalue weighted by Gasteiger charge is -2.53. The number of nitrogens with one attached hydrogen (secondary N) is 1. The molecular weight excluding hydrogens is 544 g/mol. The Morgan fingerprint density at radius 3 is 2.39 bits per heavy atom. The Bertz CT molecular complexity index is 1300. The van der Waals surface area contributed by atoms with E-state index in [1.807, 2.05) is 20.8 Å². The van der Waals surface area contributed by atoms with E-state index < -0.39 is 5.60 Å². The molecule has 3 heterocycles. The molecule has 0 atom stereocenters. The van der Waals surface area contributed by atoms with Crippen molar-refractivity contribution in [1.82, 2.24) is 20.2 Å². The second kappa shape index (κ2) is 11.7. The molecule has 0 unspecified atom stereocenters. The summed E-state index contributed by atoms with van der Waals surface area (Å²) in [4.78, 5) is 41.4. The van der Waals surface area contributed by atoms with Gasteiger partial charge in [-0.1, -0.05) is 17.7 Å². The van der Waals surface area contributed by atoms with Crippen LogP contribution in [0.25, 0.3) is 4.85 Å². The first-order valence-corrected chi connectivity index (χ1v) is 14.6. The maximum atomic E-state index is 12.8. The molecule has 1 spiro atoms. The predicted molar refractivity (Wildman–Crippen MR) is 156 cm³/mol. The molecule has 11 heteroatoms. The van der Waals surface area contributed by atoms with Crippen molar-refractivity contribution >= 4 is 35.1 Å². The summed E-state index contributed by atoms with van der Waals surface area (Å²) in [5, 5.41) is 3.48. The van der Waals surface area contributed by atoms with E-state index in [0.29, 0.717) is 22.2 Å². The van der Waals surface area contributed by atoms with Gasteiger partial charge >= 0.3 is 6.09 Å². The fraction of sp³-hybridized carbons (Fsp3) is 0.567. The third kappa shape index (κ3) is 7.02. The van der Waals surface area contributed by atoms with Crippen LogP contribution in [0.1, 0.15) is 69.8 Å². The van der Waals surface area contributed by atoms with Crippen LogP contribution in [-0.2, 0) is 4.74 Å². The molecule has 2 amide bonds. The second-order valence-corrected chi connectivity index (χ2v) is 12.8. The Balaban J connectivity index is 1.04. The lowest BCUT2D eigenvalue weighted by atomic mass is 9.72. The number of benzene rings is 1. The monoisotopic (exact) mass is 580 g/mol. The molecule has 2 saturated heterocycles. The van der Waals surface area contributed by atoms with Crippen molar-refractivity contribution in [2.45, 2.75) is 77.0 Å². The van der Waals surface area contributed by atoms with Gasteiger partial charge in [0.2, 0.25) is 5.69 Å². The summed E-state index contributed by atoms with van der Waals surface area (Å²) in [6.45, 7) is 15.9. The highest BCUT2D eigenvalue weighted by atomic mass is 35.5. The number of aromatic nitrogens is 2. The number of piperidine rings is 1. The highest BCUT2D eigenvalue weighted by molar-refractivity contribution is 6.33. The number of anilines is 1. The van der Waals surface area contributed by atoms with E-state index in [0.717, 1.165) is 70.5 Å². The Morgan fingerprint density at radius 1 is 1.10 bits per heavy atom. The molecule has 10 nitrogen and oxygen atoms in total. The van der Waals surface area contributed by atoms with Crippen molar-refractivity contribution in [3.05, 3.63) is 52.7 Å². The van der Waals surface area contributed by atoms with Crippen LogP contribution >= 0.6 is 11.6 Å². The van der Waals surface area contributed by atoms with E-state index in [2.05, 4.69) is 25.0 Å². The highest BCUT2D eigenvalue weighted by Gasteiger charge is 2.48. The Labute approximate surface area is 246 Å². The molecule has 218 valence electrons. The smallest absolute Gasteiger partial charge is 0.410 e. The quantitative estimate of drug-likeness (QED) is 0.457. The summed E-state index contributed by atoms with van der Waals surface area (Å²) in [7, 11) is 0. The van der Waals surface area contributed by atoms with Crippen molar-refractivity contribution < 1.29 is 19.1 Å². The molecule has 5 rings (SSSR count). The van der Waals surface area contributed by atoms with Crippen LogP contribution in [0.3, 0.4) is 0 Å². The zero-order valence-electron chi connectivity index (χ0n) is 23.9. The van der Waals surface area contributed by atoms with Crippen molar-refractivity contribution in [2.24, 2.45) is 5.41 Å². The van der Waals surface area contributed by atoms with Crippen LogP contribution in [0, 0.1) is 12.0 Å². The maximum absolute atomic E-state index is 12.8. The van der Waals surface area contributed by atoms with E-state index in [1.165, 1.54) is 0 Å². The first-order chi connectivity index (χ1) is 19.5. The number of nitrogens with zero attached hydrogens (tertiary/aromatic N) is 5. The Hall–Kier alpha value is -3.58. The SMILES string of the molecule is [C-]#[N+]c1ccc(OC2CCC(NC(=O)c3cnc(N4CCC5(CC4)CN(C(=O)OC(C)(C)C)C5)cn3)CC2)cc1Cl. The molecule has 3 aliphatic rings. The predicted octanol–water partition coefficient (Wildman–Crippen LogP) is 5.64. The van der Waals surface area contributed by atoms with Crippen LogP contribution in [0.2, 0.25) is 5.02 Å². The minimum atomic E-state index is -0.482. The van der Waals surface area contributed by atoms with E-state index in [1.54, 1.807) is 35.5 Å². The second-order valence-electron chi connectivity index (χ2n) is 12.4. The van der Waals surface area contributed by atoms with E-state index in [4.69, 9.17) is 27.6 Å². The average Bonchev–Trinajstić information content (AvgIpc) is 2.92. The summed E-state index contributed by atoms with van der Waals surface area (Å²) in [6.07, 6.45) is 8.20. The van der Waals surface area contributed by atoms with Crippen molar-refractivity contribution in [3.8, 4) is 5.75 Å². The molecule has 1 aromatic carbocycles. The molecule has 1 N–H and O–H groups in total. The number of carbonyl (C=O) groups is 2. The van der Waals surface area contributed by atoms with Gasteiger partial charge in [-0.2, -0.15) is 0 Å². The van der Waals surface area contributed by atoms with E-state index in [9.17, 15) is 9.59 Å². The number of hydrogen-bond donors (Lipinski definition) is 1. The molecule has 1 saturated carbocycles. The number of carbonyl (C=O) groups excluding carboxylic acids is 2. The lowest BCUT2D eigenvalue weighted by Crippen LogP contribution is -2.62. The molecule has 1 aliphatic carbocycles. The van der Waals surface area contributed by atoms with Gasteiger partial charge in [0, 0.05) is 37.6 Å². The number of halogens is 1. The van der Waals surface area contributed by atoms with Crippen LogP contribution in [0.15, 0.2) is 30.6 Å². The van der Waals surface area contributed by atoms with Crippen LogP contribution in [0.4, 0.5) is 16.3 Å². The average molecular weight is 581 g/mol. The first kappa shape index (κ1) is 28.9. The fourth-order valence-electron chi connectivity index (χ4n) is 5.78. The molecule has 3 fully saturated rings. The zero-order valence-corrected chi connectivity index (χ0v) is 24.6. The topological polar surface area (TPSA) is 101 Å². The number of rotatable bonds is 5. The summed E-state index contributed by atoms with van der Waals surface area (Å²) < 4.78 is 11.5. The van der Waals surface area contributed by atoms with Crippen LogP contribution < -0.4 is 15.0 Å². The Kier molecular flexibility index (Phi) is 8.28. The maximum Gasteiger partial charge on any atom is 0.410 e. The molecular formula is C30H37ClN6O4. The molecule has 0 bridgehead atoms. The molecule has 1 aromatic heterocycles. The standard InChI is InChI=1S/C30H37ClN6O4/c1-29(2,3)41-28(39)37-18-30(19-37)11-13-36(14-12-30)26-17-33-25(16-34-26)27(38)35-20-5-7-21(8-6-20)40-22-9-10-24(32-4)23(31)15-22/h9-10,15-17,20-21H,5-8,11-14,18-19H2,1-3H3,(H,35,38). The largest absolute Gasteiger partial charge is 0.490 e. The third-order valence-corrected chi connectivity index (χ3v) is 8.38. The van der Waals surface area contributed by atoms with Gasteiger partial charge in [-0.15, -0.1) is 0 Å². The van der Waals surface area contributed by atoms with Gasteiger partial charge in [0.25, 0.3) is 5.91 Å². The van der Waals surface area contributed by atoms with E-state index >= 15 is 0 Å². The fourth-order valence-corrected chi connectivity index (χ4v) is 5.99. The van der Waals surface area contributed by atoms with Gasteiger partial charge < -0.3 is 24.6 Å². The van der Waals surface area contributed by atoms with Gasteiger partial charge in [-0.25, -0.2) is 19.6 Å². The van der Waals surface area contributed by atoms with Gasteiger partial charge in [0.05, 0.1) is 30.1 Å². The summed E-state index contributed by atoms with van der Waals surface area (Å²) in [5.74, 6) is 1.20. The number of amides is 2. The Morgan fingerprint density at radius 2 is 1.80 bits per heavy atom. The van der Waals surface area contributed by atoms with Gasteiger partial charge in [0.1, 0.15) is 22.9 Å². The highest BCUT2D eigenvalue weighted by Crippen LogP contribution is 2.41. The van der Waals surface area contributed by atoms with Gasteiger partial charge in [-0.3, -0.25) is 4.79 Å². The van der Waals surface area contributed by atoms with E-state index in [-0.39, 0.29) is 29.6 Å². The first-order valence-electron chi connectivity index (χ1n) is 14.2. The number of likely N-dealkylation sites (tertiary alicyclic amines) is 1. The normalized spacial score (nSPS) is 21.9. The van der Waals surface area contributed by atoms with Gasteiger partial charge in [0.15, 0.2) is 0 Å². The van der Waals surface area contributed by atoms with Crippen LogP contribution in [-0.4, -0.2) is 70.8 Å². The van der Waals surface area contributed by atoms with Crippen molar-refractivity contribution in [2.75, 3.05) is 31.1 Å². The summed E-state index contributed by atoms with van der Waals surface area (Å²) >= 11 is 6.12. The van der Waals surface area contributed by atoms with Crippen LogP contribution in [0.5, 0.6) is 5.75 Å². The van der Waals surface area contributed by atoms with Gasteiger partial charge in [-0.05, 0) is 71.4 Å². The molecule has 2 aliphatic heterocycles. The summed E-state index contributed by atoms with van der Waals surface area (Å²) in [6, 6.07) is 5.17. The van der Waals surface area contributed by atoms with Crippen molar-refractivity contribution in [1.29, 1.82) is 0 Å². The third-order valence-electron chi connectivity index (χ3n) is 8.07. The zero-order chi connectivity index (χ0) is 29.2. The summed E-state index contributed by atoms with van der Waals surface area (Å²) in [5.41, 5.74) is 0.389.